The molecule has 31 heavy (non-hydrogen) atoms. The fourth-order valence-corrected chi connectivity index (χ4v) is 4.54. The molecule has 0 radical (unpaired) electrons. The van der Waals surface area contributed by atoms with Crippen molar-refractivity contribution in [3.63, 3.8) is 0 Å². The molecule has 1 saturated heterocycles. The number of rotatable bonds is 7. The molecule has 7 nitrogen and oxygen atoms in total. The second-order valence-corrected chi connectivity index (χ2v) is 8.80. The summed E-state index contributed by atoms with van der Waals surface area (Å²) in [6.07, 6.45) is 5.83. The molecule has 1 fully saturated rings. The van der Waals surface area contributed by atoms with E-state index >= 15 is 0 Å². The fraction of sp³-hybridized carbons (Fsp3) is 0.458. The number of hydrogen-bond acceptors (Lipinski definition) is 5. The summed E-state index contributed by atoms with van der Waals surface area (Å²) in [5.41, 5.74) is 4.51. The third-order valence-corrected chi connectivity index (χ3v) is 6.60. The van der Waals surface area contributed by atoms with E-state index in [1.807, 2.05) is 25.3 Å². The van der Waals surface area contributed by atoms with Crippen molar-refractivity contribution in [3.05, 3.63) is 59.4 Å². The molecule has 1 aromatic carbocycles. The average Bonchev–Trinajstić information content (AvgIpc) is 3.36. The molecule has 1 aromatic heterocycles. The molecular weight excluding hydrogens is 392 g/mol. The number of benzene rings is 1. The molecule has 0 aliphatic carbocycles. The number of oxime groups is 1. The molecule has 7 heteroatoms. The number of carboxylic acid groups (broad SMARTS) is 1. The van der Waals surface area contributed by atoms with Crippen LogP contribution in [0.2, 0.25) is 0 Å². The van der Waals surface area contributed by atoms with Crippen molar-refractivity contribution in [2.45, 2.75) is 52.2 Å². The maximum absolute atomic E-state index is 12.3. The normalized spacial score (nSPS) is 20.8. The maximum Gasteiger partial charge on any atom is 0.309 e. The van der Waals surface area contributed by atoms with Gasteiger partial charge in [0.2, 0.25) is 0 Å². The molecule has 1 N–H and O–H groups in total. The summed E-state index contributed by atoms with van der Waals surface area (Å²) in [4.78, 5) is 20.3. The molecule has 4 rings (SSSR count). The predicted octanol–water partition coefficient (Wildman–Crippen LogP) is 3.85. The van der Waals surface area contributed by atoms with Crippen LogP contribution in [0.15, 0.2) is 42.2 Å². The minimum Gasteiger partial charge on any atom is -0.481 e. The molecule has 2 aliphatic rings. The van der Waals surface area contributed by atoms with E-state index in [1.54, 1.807) is 10.9 Å². The molecule has 0 spiro atoms. The van der Waals surface area contributed by atoms with Gasteiger partial charge >= 0.3 is 5.97 Å². The number of aryl methyl sites for hydroxylation is 2. The van der Waals surface area contributed by atoms with Gasteiger partial charge in [-0.05, 0) is 45.3 Å². The van der Waals surface area contributed by atoms with Crippen molar-refractivity contribution < 1.29 is 14.7 Å². The van der Waals surface area contributed by atoms with Gasteiger partial charge in [0, 0.05) is 37.3 Å². The van der Waals surface area contributed by atoms with Crippen LogP contribution in [0.25, 0.3) is 6.20 Å². The predicted molar refractivity (Wildman–Crippen MR) is 120 cm³/mol. The van der Waals surface area contributed by atoms with Crippen LogP contribution in [0.5, 0.6) is 0 Å². The highest BCUT2D eigenvalue weighted by molar-refractivity contribution is 6.01. The van der Waals surface area contributed by atoms with Crippen LogP contribution < -0.4 is 0 Å². The van der Waals surface area contributed by atoms with Gasteiger partial charge in [0.25, 0.3) is 0 Å². The Balaban J connectivity index is 1.36. The Morgan fingerprint density at radius 2 is 2.00 bits per heavy atom. The molecule has 0 saturated carbocycles. The molecule has 0 unspecified atom stereocenters. The van der Waals surface area contributed by atoms with Crippen LogP contribution in [0, 0.1) is 19.3 Å². The molecule has 2 aromatic rings. The summed E-state index contributed by atoms with van der Waals surface area (Å²) in [6, 6.07) is 8.20. The molecule has 0 bridgehead atoms. The fourth-order valence-electron chi connectivity index (χ4n) is 4.54. The Morgan fingerprint density at radius 1 is 1.29 bits per heavy atom. The molecule has 3 heterocycles. The Labute approximate surface area is 183 Å². The second-order valence-electron chi connectivity index (χ2n) is 8.80. The van der Waals surface area contributed by atoms with Gasteiger partial charge in [0.15, 0.2) is 0 Å². The van der Waals surface area contributed by atoms with Crippen molar-refractivity contribution in [2.75, 3.05) is 13.1 Å². The van der Waals surface area contributed by atoms with Gasteiger partial charge in [0.05, 0.1) is 16.8 Å². The van der Waals surface area contributed by atoms with E-state index < -0.39 is 11.4 Å². The molecule has 2 aliphatic heterocycles. The lowest BCUT2D eigenvalue weighted by molar-refractivity contribution is -0.155. The second kappa shape index (κ2) is 8.67. The van der Waals surface area contributed by atoms with Crippen LogP contribution in [-0.4, -0.2) is 50.7 Å². The molecule has 0 amide bonds. The van der Waals surface area contributed by atoms with Crippen molar-refractivity contribution in [1.29, 1.82) is 0 Å². The maximum atomic E-state index is 12.3. The van der Waals surface area contributed by atoms with Crippen LogP contribution in [-0.2, 0) is 16.2 Å². The standard InChI is InChI=1S/C24H30N4O3/c1-4-28-16-20(18(3)25-28)15-27-11-9-24(10-12-27,23(29)30)14-21-13-22(26-31-21)19-7-5-17(2)6-8-19/h4-8,16,21H,1,9-15H2,2-3H3,(H,29,30)/t21-/m0/s1. The zero-order valence-corrected chi connectivity index (χ0v) is 18.3. The average molecular weight is 423 g/mol. The van der Waals surface area contributed by atoms with Gasteiger partial charge in [-0.2, -0.15) is 5.10 Å². The van der Waals surface area contributed by atoms with E-state index in [9.17, 15) is 9.90 Å². The highest BCUT2D eigenvalue weighted by Crippen LogP contribution is 2.39. The van der Waals surface area contributed by atoms with Crippen molar-refractivity contribution in [2.24, 2.45) is 10.6 Å². The zero-order chi connectivity index (χ0) is 22.0. The zero-order valence-electron chi connectivity index (χ0n) is 18.3. The van der Waals surface area contributed by atoms with Gasteiger partial charge in [0.1, 0.15) is 6.10 Å². The van der Waals surface area contributed by atoms with E-state index in [4.69, 9.17) is 4.84 Å². The third-order valence-electron chi connectivity index (χ3n) is 6.60. The Bertz CT molecular complexity index is 985. The first-order valence-corrected chi connectivity index (χ1v) is 10.8. The van der Waals surface area contributed by atoms with Crippen molar-refractivity contribution >= 4 is 17.9 Å². The summed E-state index contributed by atoms with van der Waals surface area (Å²) >= 11 is 0. The van der Waals surface area contributed by atoms with E-state index in [2.05, 4.69) is 40.8 Å². The number of likely N-dealkylation sites (tertiary alicyclic amines) is 1. The number of nitrogens with zero attached hydrogens (tertiary/aromatic N) is 4. The first-order chi connectivity index (χ1) is 14.9. The van der Waals surface area contributed by atoms with E-state index in [0.29, 0.717) is 25.7 Å². The number of aromatic nitrogens is 2. The lowest BCUT2D eigenvalue weighted by Gasteiger charge is -2.39. The molecular formula is C24H30N4O3. The minimum absolute atomic E-state index is 0.188. The van der Waals surface area contributed by atoms with Gasteiger partial charge in [-0.15, -0.1) is 0 Å². The number of carboxylic acids is 1. The summed E-state index contributed by atoms with van der Waals surface area (Å²) < 4.78 is 1.72. The highest BCUT2D eigenvalue weighted by Gasteiger charge is 2.45. The van der Waals surface area contributed by atoms with Crippen LogP contribution >= 0.6 is 0 Å². The molecule has 164 valence electrons. The summed E-state index contributed by atoms with van der Waals surface area (Å²) in [5, 5.41) is 18.7. The van der Waals surface area contributed by atoms with Crippen molar-refractivity contribution in [3.8, 4) is 0 Å². The number of carbonyl (C=O) groups is 1. The van der Waals surface area contributed by atoms with Gasteiger partial charge in [-0.1, -0.05) is 41.6 Å². The molecule has 1 atom stereocenters. The quantitative estimate of drug-likeness (QED) is 0.733. The highest BCUT2D eigenvalue weighted by atomic mass is 16.6. The van der Waals surface area contributed by atoms with E-state index in [-0.39, 0.29) is 6.10 Å². The topological polar surface area (TPSA) is 80.0 Å². The van der Waals surface area contributed by atoms with Gasteiger partial charge in [-0.3, -0.25) is 9.69 Å². The van der Waals surface area contributed by atoms with Gasteiger partial charge < -0.3 is 9.94 Å². The monoisotopic (exact) mass is 422 g/mol. The SMILES string of the molecule is C=Cn1cc(CN2CCC(C[C@@H]3CC(c4ccc(C)cc4)=NO3)(C(=O)O)CC2)c(C)n1. The first kappa shape index (κ1) is 21.3. The summed E-state index contributed by atoms with van der Waals surface area (Å²) in [6.45, 7) is 10.0. The van der Waals surface area contributed by atoms with Gasteiger partial charge in [-0.25, -0.2) is 4.68 Å². The third kappa shape index (κ3) is 4.56. The lowest BCUT2D eigenvalue weighted by Crippen LogP contribution is -2.45. The summed E-state index contributed by atoms with van der Waals surface area (Å²) in [5.74, 6) is -0.727. The van der Waals surface area contributed by atoms with E-state index in [1.165, 1.54) is 5.56 Å². The largest absolute Gasteiger partial charge is 0.481 e. The Hall–Kier alpha value is -2.93. The van der Waals surface area contributed by atoms with Crippen LogP contribution in [0.4, 0.5) is 0 Å². The van der Waals surface area contributed by atoms with E-state index in [0.717, 1.165) is 42.2 Å². The lowest BCUT2D eigenvalue weighted by atomic mass is 9.73. The smallest absolute Gasteiger partial charge is 0.309 e. The first-order valence-electron chi connectivity index (χ1n) is 10.8. The van der Waals surface area contributed by atoms with Crippen LogP contribution in [0.3, 0.4) is 0 Å². The number of hydrogen-bond donors (Lipinski definition) is 1. The number of piperidine rings is 1. The van der Waals surface area contributed by atoms with Crippen LogP contribution in [0.1, 0.15) is 48.1 Å². The Morgan fingerprint density at radius 3 is 2.61 bits per heavy atom. The van der Waals surface area contributed by atoms with Crippen molar-refractivity contribution in [1.82, 2.24) is 14.7 Å². The summed E-state index contributed by atoms with van der Waals surface area (Å²) in [7, 11) is 0. The Kier molecular flexibility index (Phi) is 5.96. The minimum atomic E-state index is -0.764. The number of aliphatic carboxylic acids is 1.